The second-order valence-corrected chi connectivity index (χ2v) is 6.29. The minimum absolute atomic E-state index is 0.00333. The fourth-order valence-electron chi connectivity index (χ4n) is 2.81. The number of pyridine rings is 2. The molecule has 0 aromatic carbocycles. The maximum atomic E-state index is 12.0. The van der Waals surface area contributed by atoms with Gasteiger partial charge in [0, 0.05) is 0 Å². The van der Waals surface area contributed by atoms with Crippen LogP contribution in [0.2, 0.25) is 0 Å². The molecule has 0 atom stereocenters. The van der Waals surface area contributed by atoms with Crippen LogP contribution in [0.1, 0.15) is 27.6 Å². The van der Waals surface area contributed by atoms with Gasteiger partial charge in [0.1, 0.15) is 22.6 Å². The van der Waals surface area contributed by atoms with E-state index >= 15 is 0 Å². The Kier molecular flexibility index (Phi) is 7.50. The van der Waals surface area contributed by atoms with E-state index in [1.807, 2.05) is 0 Å². The van der Waals surface area contributed by atoms with E-state index in [-0.39, 0.29) is 29.2 Å². The quantitative estimate of drug-likeness (QED) is 0.312. The van der Waals surface area contributed by atoms with Crippen LogP contribution in [0.3, 0.4) is 0 Å². The molecule has 0 bridgehead atoms. The number of alkyl halides is 4. The summed E-state index contributed by atoms with van der Waals surface area (Å²) in [5.41, 5.74) is 1.06. The SMILES string of the molecule is CCOC(=O)c1cnn2cc(OC(F)F)ccc12.O=C(O)c1cnn2cc(OC(F)F)ccc12. The topological polar surface area (TPSA) is 117 Å². The lowest BCUT2D eigenvalue weighted by Gasteiger charge is -2.04. The Balaban J connectivity index is 0.000000192. The molecule has 0 unspecified atom stereocenters. The van der Waals surface area contributed by atoms with E-state index in [2.05, 4.69) is 19.7 Å². The van der Waals surface area contributed by atoms with Crippen molar-refractivity contribution in [2.45, 2.75) is 20.1 Å². The first-order valence-corrected chi connectivity index (χ1v) is 9.44. The summed E-state index contributed by atoms with van der Waals surface area (Å²) in [5.74, 6) is -1.74. The molecule has 4 heterocycles. The first kappa shape index (κ1) is 24.3. The highest BCUT2D eigenvalue weighted by molar-refractivity contribution is 5.96. The van der Waals surface area contributed by atoms with Gasteiger partial charge in [-0.2, -0.15) is 27.8 Å². The molecule has 34 heavy (non-hydrogen) atoms. The van der Waals surface area contributed by atoms with Crippen LogP contribution >= 0.6 is 0 Å². The summed E-state index contributed by atoms with van der Waals surface area (Å²) in [4.78, 5) is 22.3. The van der Waals surface area contributed by atoms with E-state index in [4.69, 9.17) is 9.84 Å². The molecule has 180 valence electrons. The number of aromatic nitrogens is 4. The van der Waals surface area contributed by atoms with Gasteiger partial charge in [-0.05, 0) is 31.2 Å². The van der Waals surface area contributed by atoms with E-state index in [1.165, 1.54) is 51.9 Å². The highest BCUT2D eigenvalue weighted by Crippen LogP contribution is 2.19. The number of aromatic carboxylic acids is 1. The van der Waals surface area contributed by atoms with Gasteiger partial charge in [-0.25, -0.2) is 18.6 Å². The van der Waals surface area contributed by atoms with Crippen molar-refractivity contribution in [2.75, 3.05) is 6.61 Å². The molecular weight excluding hydrogens is 468 g/mol. The van der Waals surface area contributed by atoms with Crippen LogP contribution in [0.4, 0.5) is 17.6 Å². The standard InChI is InChI=1S/C11H10F2N2O3.C9H6F2N2O3/c1-2-17-10(16)8-5-14-15-6-7(18-11(12)13)3-4-9(8)15;10-9(11)16-5-1-2-7-6(8(14)15)3-12-13(7)4-5/h3-6,11H,2H2,1H3;1-4,9H,(H,14,15). The summed E-state index contributed by atoms with van der Waals surface area (Å²) in [6.07, 6.45) is 4.92. The van der Waals surface area contributed by atoms with Gasteiger partial charge in [-0.1, -0.05) is 0 Å². The number of nitrogens with zero attached hydrogens (tertiary/aromatic N) is 4. The van der Waals surface area contributed by atoms with Crippen LogP contribution in [0.15, 0.2) is 49.1 Å². The summed E-state index contributed by atoms with van der Waals surface area (Å²) in [7, 11) is 0. The zero-order valence-electron chi connectivity index (χ0n) is 17.3. The molecular formula is C20H16F4N4O6. The molecule has 0 spiro atoms. The number of hydrogen-bond acceptors (Lipinski definition) is 7. The molecule has 0 amide bonds. The number of carboxylic acid groups (broad SMARTS) is 1. The van der Waals surface area contributed by atoms with Crippen molar-refractivity contribution in [1.82, 2.24) is 19.2 Å². The normalized spacial score (nSPS) is 10.9. The lowest BCUT2D eigenvalue weighted by atomic mass is 10.2. The van der Waals surface area contributed by atoms with E-state index in [1.54, 1.807) is 6.92 Å². The number of esters is 1. The van der Waals surface area contributed by atoms with E-state index in [9.17, 15) is 27.2 Å². The number of fused-ring (bicyclic) bond motifs is 2. The molecule has 10 nitrogen and oxygen atoms in total. The average Bonchev–Trinajstić information content (AvgIpc) is 3.37. The van der Waals surface area contributed by atoms with Gasteiger partial charge in [-0.3, -0.25) is 0 Å². The van der Waals surface area contributed by atoms with Crippen molar-refractivity contribution < 1.29 is 46.5 Å². The number of carbonyl (C=O) groups is 2. The Hall–Kier alpha value is -4.36. The number of carbonyl (C=O) groups excluding carboxylic acids is 1. The molecule has 0 radical (unpaired) electrons. The Labute approximate surface area is 187 Å². The molecule has 0 aliphatic heterocycles. The van der Waals surface area contributed by atoms with Crippen LogP contribution in [0.25, 0.3) is 11.0 Å². The van der Waals surface area contributed by atoms with Crippen LogP contribution < -0.4 is 9.47 Å². The minimum atomic E-state index is -2.92. The molecule has 0 fully saturated rings. The third-order valence-corrected chi connectivity index (χ3v) is 4.15. The van der Waals surface area contributed by atoms with Crippen molar-refractivity contribution in [3.63, 3.8) is 0 Å². The lowest BCUT2D eigenvalue weighted by molar-refractivity contribution is -0.0508. The fourth-order valence-corrected chi connectivity index (χ4v) is 2.81. The largest absolute Gasteiger partial charge is 0.478 e. The number of hydrogen-bond donors (Lipinski definition) is 1. The highest BCUT2D eigenvalue weighted by atomic mass is 19.3. The highest BCUT2D eigenvalue weighted by Gasteiger charge is 2.15. The molecule has 4 aromatic heterocycles. The number of rotatable bonds is 7. The van der Waals surface area contributed by atoms with Crippen LogP contribution in [0, 0.1) is 0 Å². The molecule has 4 rings (SSSR count). The van der Waals surface area contributed by atoms with Gasteiger partial charge in [0.15, 0.2) is 0 Å². The van der Waals surface area contributed by atoms with Crippen LogP contribution in [-0.4, -0.2) is 56.1 Å². The number of halogens is 4. The van der Waals surface area contributed by atoms with Gasteiger partial charge in [0.05, 0.1) is 42.4 Å². The summed E-state index contributed by atoms with van der Waals surface area (Å²) < 4.78 is 63.5. The van der Waals surface area contributed by atoms with E-state index in [0.29, 0.717) is 11.0 Å². The monoisotopic (exact) mass is 484 g/mol. The van der Waals surface area contributed by atoms with Gasteiger partial charge in [0.25, 0.3) is 0 Å². The minimum Gasteiger partial charge on any atom is -0.478 e. The Morgan fingerprint density at radius 1 is 0.882 bits per heavy atom. The number of carboxylic acids is 1. The average molecular weight is 484 g/mol. The zero-order valence-corrected chi connectivity index (χ0v) is 17.3. The Morgan fingerprint density at radius 3 is 1.79 bits per heavy atom. The summed E-state index contributed by atoms with van der Waals surface area (Å²) in [5, 5.41) is 16.4. The zero-order chi connectivity index (χ0) is 24.8. The summed E-state index contributed by atoms with van der Waals surface area (Å²) >= 11 is 0. The van der Waals surface area contributed by atoms with E-state index in [0.717, 1.165) is 6.20 Å². The third kappa shape index (κ3) is 5.70. The van der Waals surface area contributed by atoms with Gasteiger partial charge < -0.3 is 19.3 Å². The summed E-state index contributed by atoms with van der Waals surface area (Å²) in [6.45, 7) is -3.88. The first-order chi connectivity index (χ1) is 16.2. The maximum Gasteiger partial charge on any atom is 0.387 e. The molecule has 4 aromatic rings. The summed E-state index contributed by atoms with van der Waals surface area (Å²) in [6, 6.07) is 5.42. The van der Waals surface area contributed by atoms with E-state index < -0.39 is 25.2 Å². The predicted octanol–water partition coefficient (Wildman–Crippen LogP) is 3.75. The first-order valence-electron chi connectivity index (χ1n) is 9.44. The number of ether oxygens (including phenoxy) is 3. The van der Waals surface area contributed by atoms with Crippen molar-refractivity contribution in [1.29, 1.82) is 0 Å². The van der Waals surface area contributed by atoms with Gasteiger partial charge in [0.2, 0.25) is 0 Å². The van der Waals surface area contributed by atoms with Crippen LogP contribution in [-0.2, 0) is 4.74 Å². The third-order valence-electron chi connectivity index (χ3n) is 4.15. The Bertz CT molecular complexity index is 1310. The van der Waals surface area contributed by atoms with Crippen LogP contribution in [0.5, 0.6) is 11.5 Å². The lowest BCUT2D eigenvalue weighted by Crippen LogP contribution is -2.05. The molecule has 0 aliphatic rings. The van der Waals surface area contributed by atoms with Gasteiger partial charge >= 0.3 is 25.2 Å². The second kappa shape index (κ2) is 10.5. The van der Waals surface area contributed by atoms with Crippen molar-refractivity contribution in [3.05, 3.63) is 60.2 Å². The molecule has 14 heteroatoms. The predicted molar refractivity (Wildman–Crippen MR) is 107 cm³/mol. The molecule has 0 aliphatic carbocycles. The molecule has 0 saturated carbocycles. The maximum absolute atomic E-state index is 12.0. The van der Waals surface area contributed by atoms with Crippen molar-refractivity contribution in [2.24, 2.45) is 0 Å². The second-order valence-electron chi connectivity index (χ2n) is 6.29. The Morgan fingerprint density at radius 2 is 1.35 bits per heavy atom. The van der Waals surface area contributed by atoms with Gasteiger partial charge in [-0.15, -0.1) is 0 Å². The molecule has 0 saturated heterocycles. The smallest absolute Gasteiger partial charge is 0.387 e. The molecule has 1 N–H and O–H groups in total. The van der Waals surface area contributed by atoms with Crippen molar-refractivity contribution >= 4 is 23.0 Å². The fraction of sp³-hybridized carbons (Fsp3) is 0.200. The van der Waals surface area contributed by atoms with Crippen molar-refractivity contribution in [3.8, 4) is 11.5 Å².